The van der Waals surface area contributed by atoms with Crippen LogP contribution in [0, 0.1) is 11.8 Å². The highest BCUT2D eigenvalue weighted by molar-refractivity contribution is 5.19. The number of aromatic nitrogens is 2. The van der Waals surface area contributed by atoms with E-state index in [1.807, 2.05) is 0 Å². The van der Waals surface area contributed by atoms with Gasteiger partial charge in [0.1, 0.15) is 12.4 Å². The average Bonchev–Trinajstić information content (AvgIpc) is 2.48. The van der Waals surface area contributed by atoms with E-state index in [0.29, 0.717) is 6.61 Å². The minimum Gasteiger partial charge on any atom is -0.377 e. The Balaban J connectivity index is 2.20. The molecule has 1 N–H and O–H groups in total. The molecule has 1 heterocycles. The van der Waals surface area contributed by atoms with Gasteiger partial charge in [-0.05, 0) is 24.7 Å². The van der Waals surface area contributed by atoms with Crippen LogP contribution in [-0.4, -0.2) is 17.1 Å². The minimum absolute atomic E-state index is 0.593. The van der Waals surface area contributed by atoms with Gasteiger partial charge in [-0.25, -0.2) is 4.98 Å². The first kappa shape index (κ1) is 9.71. The molecule has 1 aromatic rings. The molecule has 2 rings (SSSR count). The van der Waals surface area contributed by atoms with Gasteiger partial charge in [0.05, 0.1) is 5.69 Å². The highest BCUT2D eigenvalue weighted by Crippen LogP contribution is 2.28. The molecule has 2 unspecified atom stereocenters. The van der Waals surface area contributed by atoms with Crippen LogP contribution in [0.1, 0.15) is 31.1 Å². The standard InChI is InChI=1S/C11H18N2O/c1-7-4-9-10(5-8(7)2)13-11(12-9)6-14-3/h7-8H,4-6H2,1-3H3,(H,12,13). The fraction of sp³-hybridized carbons (Fsp3) is 0.727. The molecule has 0 aliphatic heterocycles. The van der Waals surface area contributed by atoms with Gasteiger partial charge in [0, 0.05) is 12.8 Å². The molecule has 0 saturated heterocycles. The number of hydrogen-bond acceptors (Lipinski definition) is 2. The van der Waals surface area contributed by atoms with Crippen molar-refractivity contribution in [3.05, 3.63) is 17.2 Å². The zero-order valence-corrected chi connectivity index (χ0v) is 9.13. The molecule has 3 heteroatoms. The van der Waals surface area contributed by atoms with Crippen LogP contribution in [0.15, 0.2) is 0 Å². The van der Waals surface area contributed by atoms with Crippen molar-refractivity contribution in [2.45, 2.75) is 33.3 Å². The number of imidazole rings is 1. The quantitative estimate of drug-likeness (QED) is 0.781. The first-order valence-corrected chi connectivity index (χ1v) is 5.26. The van der Waals surface area contributed by atoms with Crippen LogP contribution >= 0.6 is 0 Å². The Morgan fingerprint density at radius 2 is 2.07 bits per heavy atom. The molecule has 14 heavy (non-hydrogen) atoms. The largest absolute Gasteiger partial charge is 0.377 e. The molecule has 0 aromatic carbocycles. The van der Waals surface area contributed by atoms with Gasteiger partial charge in [0.2, 0.25) is 0 Å². The maximum absolute atomic E-state index is 5.07. The van der Waals surface area contributed by atoms with Crippen LogP contribution in [0.25, 0.3) is 0 Å². The second-order valence-electron chi connectivity index (χ2n) is 4.40. The summed E-state index contributed by atoms with van der Waals surface area (Å²) in [6.07, 6.45) is 2.24. The Kier molecular flexibility index (Phi) is 2.59. The highest BCUT2D eigenvalue weighted by atomic mass is 16.5. The Morgan fingerprint density at radius 3 is 2.79 bits per heavy atom. The lowest BCUT2D eigenvalue weighted by Gasteiger charge is -2.24. The van der Waals surface area contributed by atoms with Gasteiger partial charge in [-0.2, -0.15) is 0 Å². The molecule has 1 aliphatic carbocycles. The Labute approximate surface area is 84.9 Å². The van der Waals surface area contributed by atoms with Crippen molar-refractivity contribution in [1.29, 1.82) is 0 Å². The van der Waals surface area contributed by atoms with E-state index in [2.05, 4.69) is 23.8 Å². The van der Waals surface area contributed by atoms with Crippen LogP contribution in [0.4, 0.5) is 0 Å². The maximum atomic E-state index is 5.07. The molecule has 3 nitrogen and oxygen atoms in total. The number of methoxy groups -OCH3 is 1. The van der Waals surface area contributed by atoms with Crippen LogP contribution in [-0.2, 0) is 24.2 Å². The summed E-state index contributed by atoms with van der Waals surface area (Å²) < 4.78 is 5.07. The van der Waals surface area contributed by atoms with Crippen LogP contribution in [0.5, 0.6) is 0 Å². The third-order valence-corrected chi connectivity index (χ3v) is 3.21. The lowest BCUT2D eigenvalue weighted by Crippen LogP contribution is -2.20. The molecule has 0 spiro atoms. The smallest absolute Gasteiger partial charge is 0.132 e. The van der Waals surface area contributed by atoms with Crippen molar-refractivity contribution in [2.75, 3.05) is 7.11 Å². The van der Waals surface area contributed by atoms with E-state index in [1.54, 1.807) is 7.11 Å². The van der Waals surface area contributed by atoms with E-state index < -0.39 is 0 Å². The van der Waals surface area contributed by atoms with Crippen molar-refractivity contribution in [3.8, 4) is 0 Å². The van der Waals surface area contributed by atoms with Gasteiger partial charge >= 0.3 is 0 Å². The summed E-state index contributed by atoms with van der Waals surface area (Å²) in [6.45, 7) is 5.21. The number of nitrogens with one attached hydrogen (secondary N) is 1. The molecule has 0 saturated carbocycles. The number of H-pyrrole nitrogens is 1. The molecular formula is C11H18N2O. The van der Waals surface area contributed by atoms with Crippen molar-refractivity contribution in [2.24, 2.45) is 11.8 Å². The number of rotatable bonds is 2. The monoisotopic (exact) mass is 194 g/mol. The van der Waals surface area contributed by atoms with E-state index >= 15 is 0 Å². The molecule has 0 amide bonds. The van der Waals surface area contributed by atoms with Gasteiger partial charge in [0.25, 0.3) is 0 Å². The molecule has 0 radical (unpaired) electrons. The van der Waals surface area contributed by atoms with E-state index in [9.17, 15) is 0 Å². The predicted molar refractivity (Wildman–Crippen MR) is 55.0 cm³/mol. The summed E-state index contributed by atoms with van der Waals surface area (Å²) in [7, 11) is 1.70. The number of aromatic amines is 1. The first-order chi connectivity index (χ1) is 6.70. The molecule has 0 fully saturated rings. The van der Waals surface area contributed by atoms with Gasteiger partial charge in [-0.1, -0.05) is 13.8 Å². The topological polar surface area (TPSA) is 37.9 Å². The SMILES string of the molecule is COCc1nc2c([nH]1)CC(C)C(C)C2. The second-order valence-corrected chi connectivity index (χ2v) is 4.40. The summed E-state index contributed by atoms with van der Waals surface area (Å²) in [5.74, 6) is 2.48. The fourth-order valence-corrected chi connectivity index (χ4v) is 2.08. The summed E-state index contributed by atoms with van der Waals surface area (Å²) in [5, 5.41) is 0. The van der Waals surface area contributed by atoms with Gasteiger partial charge in [-0.3, -0.25) is 0 Å². The Morgan fingerprint density at radius 1 is 1.36 bits per heavy atom. The molecule has 78 valence electrons. The molecule has 2 atom stereocenters. The molecule has 0 bridgehead atoms. The zero-order valence-electron chi connectivity index (χ0n) is 9.13. The van der Waals surface area contributed by atoms with Crippen LogP contribution < -0.4 is 0 Å². The second kappa shape index (κ2) is 3.73. The van der Waals surface area contributed by atoms with Crippen molar-refractivity contribution in [3.63, 3.8) is 0 Å². The lowest BCUT2D eigenvalue weighted by molar-refractivity contribution is 0.178. The number of hydrogen-bond donors (Lipinski definition) is 1. The summed E-state index contributed by atoms with van der Waals surface area (Å²) in [6, 6.07) is 0. The molecule has 1 aromatic heterocycles. The minimum atomic E-state index is 0.593. The van der Waals surface area contributed by atoms with Crippen molar-refractivity contribution >= 4 is 0 Å². The third-order valence-electron chi connectivity index (χ3n) is 3.21. The zero-order chi connectivity index (χ0) is 10.1. The van der Waals surface area contributed by atoms with Crippen molar-refractivity contribution < 1.29 is 4.74 Å². The van der Waals surface area contributed by atoms with Crippen LogP contribution in [0.3, 0.4) is 0 Å². The predicted octanol–water partition coefficient (Wildman–Crippen LogP) is 1.93. The van der Waals surface area contributed by atoms with Gasteiger partial charge < -0.3 is 9.72 Å². The number of ether oxygens (including phenoxy) is 1. The lowest BCUT2D eigenvalue weighted by atomic mass is 9.82. The van der Waals surface area contributed by atoms with Gasteiger partial charge in [0.15, 0.2) is 0 Å². The molecular weight excluding hydrogens is 176 g/mol. The average molecular weight is 194 g/mol. The summed E-state index contributed by atoms with van der Waals surface area (Å²) >= 11 is 0. The van der Waals surface area contributed by atoms with E-state index in [4.69, 9.17) is 4.74 Å². The molecule has 1 aliphatic rings. The maximum Gasteiger partial charge on any atom is 0.132 e. The fourth-order valence-electron chi connectivity index (χ4n) is 2.08. The van der Waals surface area contributed by atoms with Crippen molar-refractivity contribution in [1.82, 2.24) is 9.97 Å². The van der Waals surface area contributed by atoms with E-state index in [0.717, 1.165) is 30.5 Å². The van der Waals surface area contributed by atoms with E-state index in [-0.39, 0.29) is 0 Å². The Bertz CT molecular complexity index is 292. The Hall–Kier alpha value is -0.830. The number of nitrogens with zero attached hydrogens (tertiary/aromatic N) is 1. The summed E-state index contributed by atoms with van der Waals surface area (Å²) in [4.78, 5) is 7.89. The third kappa shape index (κ3) is 1.69. The summed E-state index contributed by atoms with van der Waals surface area (Å²) in [5.41, 5.74) is 2.57. The normalized spacial score (nSPS) is 26.2. The van der Waals surface area contributed by atoms with Crippen LogP contribution in [0.2, 0.25) is 0 Å². The number of fused-ring (bicyclic) bond motifs is 1. The van der Waals surface area contributed by atoms with E-state index in [1.165, 1.54) is 11.4 Å². The highest BCUT2D eigenvalue weighted by Gasteiger charge is 2.24. The first-order valence-electron chi connectivity index (χ1n) is 5.26. The van der Waals surface area contributed by atoms with Gasteiger partial charge in [-0.15, -0.1) is 0 Å².